The smallest absolute Gasteiger partial charge is 0.205 e. The minimum atomic E-state index is 0. The van der Waals surface area contributed by atoms with Crippen LogP contribution in [-0.4, -0.2) is 67.5 Å². The average Bonchev–Trinajstić information content (AvgIpc) is 3.18. The molecule has 0 unspecified atom stereocenters. The van der Waals surface area contributed by atoms with Gasteiger partial charge >= 0.3 is 0 Å². The normalized spacial score (nSPS) is 14.6. The van der Waals surface area contributed by atoms with Gasteiger partial charge in [-0.2, -0.15) is 4.37 Å². The second kappa shape index (κ2) is 10.8. The highest BCUT2D eigenvalue weighted by Gasteiger charge is 2.21. The van der Waals surface area contributed by atoms with Gasteiger partial charge in [-0.15, -0.1) is 24.0 Å². The molecule has 1 aliphatic heterocycles. The van der Waals surface area contributed by atoms with E-state index in [1.54, 1.807) is 0 Å². The van der Waals surface area contributed by atoms with Crippen LogP contribution in [0.5, 0.6) is 0 Å². The highest BCUT2D eigenvalue weighted by molar-refractivity contribution is 14.0. The van der Waals surface area contributed by atoms with Crippen molar-refractivity contribution in [3.8, 4) is 0 Å². The fourth-order valence-corrected chi connectivity index (χ4v) is 3.85. The Balaban J connectivity index is 0.00000280. The SMILES string of the molecule is CCc1nsc(N2CCN(C(=NC)NCc3ccc(N(C)C)cc3)CC2)n1.I. The van der Waals surface area contributed by atoms with Crippen LogP contribution in [0.15, 0.2) is 29.3 Å². The van der Waals surface area contributed by atoms with Crippen LogP contribution in [0.1, 0.15) is 18.3 Å². The molecule has 0 amide bonds. The van der Waals surface area contributed by atoms with Gasteiger partial charge < -0.3 is 20.0 Å². The van der Waals surface area contributed by atoms with E-state index in [-0.39, 0.29) is 24.0 Å². The number of anilines is 2. The zero-order valence-electron chi connectivity index (χ0n) is 17.1. The van der Waals surface area contributed by atoms with Gasteiger partial charge in [0.1, 0.15) is 5.82 Å². The van der Waals surface area contributed by atoms with Crippen molar-refractivity contribution < 1.29 is 0 Å². The molecule has 1 saturated heterocycles. The van der Waals surface area contributed by atoms with Gasteiger partial charge in [0.15, 0.2) is 5.96 Å². The van der Waals surface area contributed by atoms with Gasteiger partial charge in [0.2, 0.25) is 5.13 Å². The molecule has 0 atom stereocenters. The highest BCUT2D eigenvalue weighted by atomic mass is 127. The zero-order valence-corrected chi connectivity index (χ0v) is 20.2. The van der Waals surface area contributed by atoms with Crippen molar-refractivity contribution in [3.05, 3.63) is 35.7 Å². The number of aryl methyl sites for hydroxylation is 1. The van der Waals surface area contributed by atoms with E-state index >= 15 is 0 Å². The lowest BCUT2D eigenvalue weighted by molar-refractivity contribution is 0.372. The Hall–Kier alpha value is -1.62. The van der Waals surface area contributed by atoms with Crippen molar-refractivity contribution in [1.29, 1.82) is 0 Å². The Morgan fingerprint density at radius 3 is 2.39 bits per heavy atom. The van der Waals surface area contributed by atoms with Gasteiger partial charge in [0.25, 0.3) is 0 Å². The number of nitrogens with one attached hydrogen (secondary N) is 1. The van der Waals surface area contributed by atoms with Gasteiger partial charge in [-0.25, -0.2) is 4.98 Å². The Labute approximate surface area is 189 Å². The van der Waals surface area contributed by atoms with E-state index < -0.39 is 0 Å². The third kappa shape index (κ3) is 5.69. The second-order valence-electron chi connectivity index (χ2n) is 6.78. The minimum Gasteiger partial charge on any atom is -0.378 e. The van der Waals surface area contributed by atoms with Crippen LogP contribution >= 0.6 is 35.5 Å². The van der Waals surface area contributed by atoms with Crippen LogP contribution in [0.25, 0.3) is 0 Å². The minimum absolute atomic E-state index is 0. The fourth-order valence-electron chi connectivity index (χ4n) is 3.05. The third-order valence-corrected chi connectivity index (χ3v) is 5.55. The lowest BCUT2D eigenvalue weighted by atomic mass is 10.2. The molecule has 7 nitrogen and oxygen atoms in total. The molecule has 1 N–H and O–H groups in total. The molecule has 0 spiro atoms. The summed E-state index contributed by atoms with van der Waals surface area (Å²) in [6, 6.07) is 8.61. The predicted molar refractivity (Wildman–Crippen MR) is 129 cm³/mol. The number of hydrogen-bond acceptors (Lipinski definition) is 6. The molecule has 9 heteroatoms. The Morgan fingerprint density at radius 2 is 1.86 bits per heavy atom. The van der Waals surface area contributed by atoms with Crippen molar-refractivity contribution in [2.45, 2.75) is 19.9 Å². The summed E-state index contributed by atoms with van der Waals surface area (Å²) in [4.78, 5) is 15.8. The van der Waals surface area contributed by atoms with Crippen LogP contribution in [0, 0.1) is 0 Å². The third-order valence-electron chi connectivity index (χ3n) is 4.74. The number of halogens is 1. The maximum atomic E-state index is 4.60. The molecule has 3 rings (SSSR count). The Morgan fingerprint density at radius 1 is 1.18 bits per heavy atom. The number of nitrogens with zero attached hydrogens (tertiary/aromatic N) is 6. The van der Waals surface area contributed by atoms with E-state index in [4.69, 9.17) is 0 Å². The van der Waals surface area contributed by atoms with E-state index in [0.29, 0.717) is 0 Å². The molecule has 1 fully saturated rings. The van der Waals surface area contributed by atoms with Gasteiger partial charge in [-0.05, 0) is 17.7 Å². The van der Waals surface area contributed by atoms with Crippen molar-refractivity contribution in [2.24, 2.45) is 4.99 Å². The number of piperazine rings is 1. The Bertz CT molecular complexity index is 752. The Kier molecular flexibility index (Phi) is 8.74. The fraction of sp³-hybridized carbons (Fsp3) is 0.526. The van der Waals surface area contributed by atoms with Crippen LogP contribution in [0.4, 0.5) is 10.8 Å². The van der Waals surface area contributed by atoms with Crippen molar-refractivity contribution >= 4 is 52.3 Å². The molecule has 2 aromatic rings. The molecule has 0 bridgehead atoms. The first-order valence-electron chi connectivity index (χ1n) is 9.40. The molecule has 1 aliphatic rings. The number of aromatic nitrogens is 2. The lowest BCUT2D eigenvalue weighted by Gasteiger charge is -2.36. The van der Waals surface area contributed by atoms with Crippen molar-refractivity contribution in [3.63, 3.8) is 0 Å². The van der Waals surface area contributed by atoms with Crippen LogP contribution in [0.3, 0.4) is 0 Å². The van der Waals surface area contributed by atoms with E-state index in [1.807, 2.05) is 7.05 Å². The van der Waals surface area contributed by atoms with E-state index in [1.165, 1.54) is 22.8 Å². The highest BCUT2D eigenvalue weighted by Crippen LogP contribution is 2.19. The van der Waals surface area contributed by atoms with Crippen molar-refractivity contribution in [1.82, 2.24) is 19.6 Å². The molecule has 1 aromatic heterocycles. The van der Waals surface area contributed by atoms with Gasteiger partial charge in [0.05, 0.1) is 0 Å². The number of hydrogen-bond donors (Lipinski definition) is 1. The first-order chi connectivity index (χ1) is 13.1. The summed E-state index contributed by atoms with van der Waals surface area (Å²) in [6.07, 6.45) is 0.891. The van der Waals surface area contributed by atoms with Crippen LogP contribution in [0.2, 0.25) is 0 Å². The summed E-state index contributed by atoms with van der Waals surface area (Å²) in [6.45, 7) is 6.61. The summed E-state index contributed by atoms with van der Waals surface area (Å²) in [5.41, 5.74) is 2.46. The summed E-state index contributed by atoms with van der Waals surface area (Å²) in [7, 11) is 5.96. The molecular formula is C19H30IN7S. The van der Waals surface area contributed by atoms with Crippen molar-refractivity contribution in [2.75, 3.05) is 57.1 Å². The monoisotopic (exact) mass is 515 g/mol. The molecule has 28 heavy (non-hydrogen) atoms. The maximum absolute atomic E-state index is 4.60. The first-order valence-corrected chi connectivity index (χ1v) is 10.2. The van der Waals surface area contributed by atoms with Gasteiger partial charge in [-0.3, -0.25) is 4.99 Å². The van der Waals surface area contributed by atoms with Gasteiger partial charge in [-0.1, -0.05) is 19.1 Å². The van der Waals surface area contributed by atoms with Crippen LogP contribution in [-0.2, 0) is 13.0 Å². The summed E-state index contributed by atoms with van der Waals surface area (Å²) in [5, 5.41) is 4.53. The standard InChI is InChI=1S/C19H29N7S.HI/c1-5-17-22-19(27-23-17)26-12-10-25(11-13-26)18(20-2)21-14-15-6-8-16(9-7-15)24(3)4;/h6-9H,5,10-14H2,1-4H3,(H,20,21);1H. The second-order valence-corrected chi connectivity index (χ2v) is 7.51. The molecule has 0 saturated carbocycles. The molecule has 0 radical (unpaired) electrons. The summed E-state index contributed by atoms with van der Waals surface area (Å²) >= 11 is 1.50. The van der Waals surface area contributed by atoms with E-state index in [9.17, 15) is 0 Å². The molecule has 2 heterocycles. The van der Waals surface area contributed by atoms with E-state index in [2.05, 4.69) is 79.7 Å². The molecule has 154 valence electrons. The van der Waals surface area contributed by atoms with E-state index in [0.717, 1.165) is 56.1 Å². The summed E-state index contributed by atoms with van der Waals surface area (Å²) < 4.78 is 4.40. The number of guanidine groups is 1. The largest absolute Gasteiger partial charge is 0.378 e. The number of rotatable bonds is 5. The summed E-state index contributed by atoms with van der Waals surface area (Å²) in [5.74, 6) is 1.90. The molecular weight excluding hydrogens is 485 g/mol. The molecule has 0 aliphatic carbocycles. The average molecular weight is 515 g/mol. The lowest BCUT2D eigenvalue weighted by Crippen LogP contribution is -2.52. The number of benzene rings is 1. The van der Waals surface area contributed by atoms with Crippen LogP contribution < -0.4 is 15.1 Å². The maximum Gasteiger partial charge on any atom is 0.205 e. The zero-order chi connectivity index (χ0) is 19.2. The first kappa shape index (κ1) is 22.7. The molecule has 1 aromatic carbocycles. The number of aliphatic imine (C=N–C) groups is 1. The van der Waals surface area contributed by atoms with Gasteiger partial charge in [0, 0.05) is 77.5 Å². The topological polar surface area (TPSA) is 59.9 Å². The quantitative estimate of drug-likeness (QED) is 0.376. The predicted octanol–water partition coefficient (Wildman–Crippen LogP) is 2.68.